The van der Waals surface area contributed by atoms with Gasteiger partial charge in [0.25, 0.3) is 0 Å². The van der Waals surface area contributed by atoms with Crippen molar-refractivity contribution in [1.29, 1.82) is 0 Å². The Morgan fingerprint density at radius 3 is 2.55 bits per heavy atom. The van der Waals surface area contributed by atoms with E-state index >= 15 is 0 Å². The van der Waals surface area contributed by atoms with E-state index in [1.54, 1.807) is 6.20 Å². The second kappa shape index (κ2) is 6.57. The summed E-state index contributed by atoms with van der Waals surface area (Å²) in [6.07, 6.45) is 7.67. The molecule has 4 nitrogen and oxygen atoms in total. The zero-order valence-corrected chi connectivity index (χ0v) is 11.8. The lowest BCUT2D eigenvalue weighted by Gasteiger charge is -2.28. The van der Waals surface area contributed by atoms with Crippen LogP contribution < -0.4 is 10.2 Å². The van der Waals surface area contributed by atoms with Crippen LogP contribution in [0.5, 0.6) is 0 Å². The number of nitrogens with zero attached hydrogens (tertiary/aromatic N) is 2. The molecule has 1 aliphatic heterocycles. The van der Waals surface area contributed by atoms with Gasteiger partial charge >= 0.3 is 0 Å². The molecule has 1 aliphatic rings. The van der Waals surface area contributed by atoms with Crippen LogP contribution in [0.25, 0.3) is 0 Å². The Bertz CT molecular complexity index is 498. The molecule has 106 valence electrons. The highest BCUT2D eigenvalue weighted by Crippen LogP contribution is 2.20. The topological polar surface area (TPSA) is 44.0 Å². The van der Waals surface area contributed by atoms with E-state index in [4.69, 9.17) is 0 Å². The van der Waals surface area contributed by atoms with E-state index in [-0.39, 0.29) is 0 Å². The predicted octanol–water partition coefficient (Wildman–Crippen LogP) is 2.69. The summed E-state index contributed by atoms with van der Waals surface area (Å²) in [7, 11) is 0. The molecule has 0 saturated carbocycles. The Morgan fingerprint density at radius 2 is 1.85 bits per heavy atom. The van der Waals surface area contributed by atoms with Gasteiger partial charge in [0.1, 0.15) is 5.82 Å². The van der Waals surface area contributed by atoms with Crippen molar-refractivity contribution in [3.8, 4) is 0 Å². The number of anilines is 1. The molecule has 2 aromatic rings. The summed E-state index contributed by atoms with van der Waals surface area (Å²) in [4.78, 5) is 9.78. The number of hydrogen-bond acceptors (Lipinski definition) is 3. The number of imidazole rings is 1. The fraction of sp³-hybridized carbons (Fsp3) is 0.438. The Kier molecular flexibility index (Phi) is 4.33. The number of H-pyrrole nitrogens is 1. The number of hydrogen-bond donors (Lipinski definition) is 2. The molecule has 0 spiro atoms. The molecular formula is C16H22N4. The Morgan fingerprint density at radius 1 is 1.05 bits per heavy atom. The van der Waals surface area contributed by atoms with Crippen LogP contribution in [-0.4, -0.2) is 23.1 Å². The lowest BCUT2D eigenvalue weighted by Crippen LogP contribution is -2.29. The Labute approximate surface area is 120 Å². The highest BCUT2D eigenvalue weighted by molar-refractivity contribution is 5.47. The molecular weight excluding hydrogens is 248 g/mol. The molecule has 2 N–H and O–H groups in total. The molecule has 0 bridgehead atoms. The second-order valence-electron chi connectivity index (χ2n) is 5.35. The van der Waals surface area contributed by atoms with Crippen molar-refractivity contribution < 1.29 is 0 Å². The molecule has 0 atom stereocenters. The average Bonchev–Trinajstić information content (AvgIpc) is 3.02. The fourth-order valence-corrected chi connectivity index (χ4v) is 2.70. The van der Waals surface area contributed by atoms with Crippen molar-refractivity contribution in [2.75, 3.05) is 18.0 Å². The van der Waals surface area contributed by atoms with Crippen molar-refractivity contribution in [1.82, 2.24) is 15.3 Å². The Balaban J connectivity index is 1.50. The van der Waals surface area contributed by atoms with Gasteiger partial charge in [0, 0.05) is 37.7 Å². The lowest BCUT2D eigenvalue weighted by molar-refractivity contribution is 0.577. The number of benzene rings is 1. The molecule has 1 aromatic heterocycles. The summed E-state index contributed by atoms with van der Waals surface area (Å²) in [5, 5.41) is 3.40. The minimum absolute atomic E-state index is 0.779. The third-order valence-electron chi connectivity index (χ3n) is 3.83. The molecule has 2 heterocycles. The van der Waals surface area contributed by atoms with E-state index < -0.39 is 0 Å². The predicted molar refractivity (Wildman–Crippen MR) is 81.6 cm³/mol. The summed E-state index contributed by atoms with van der Waals surface area (Å²) >= 11 is 0. The van der Waals surface area contributed by atoms with Crippen molar-refractivity contribution in [2.24, 2.45) is 0 Å². The first-order valence-corrected chi connectivity index (χ1v) is 7.45. The number of aromatic nitrogens is 2. The third kappa shape index (κ3) is 3.39. The molecule has 3 rings (SSSR count). The van der Waals surface area contributed by atoms with Crippen LogP contribution in [0, 0.1) is 0 Å². The maximum Gasteiger partial charge on any atom is 0.120 e. The van der Waals surface area contributed by atoms with Crippen LogP contribution in [0.4, 0.5) is 5.69 Å². The van der Waals surface area contributed by atoms with E-state index in [0.29, 0.717) is 0 Å². The van der Waals surface area contributed by atoms with Gasteiger partial charge in [-0.2, -0.15) is 0 Å². The maximum absolute atomic E-state index is 4.20. The van der Waals surface area contributed by atoms with Gasteiger partial charge in [0.05, 0.1) is 6.54 Å². The van der Waals surface area contributed by atoms with E-state index in [9.17, 15) is 0 Å². The van der Waals surface area contributed by atoms with Crippen molar-refractivity contribution in [3.63, 3.8) is 0 Å². The smallest absolute Gasteiger partial charge is 0.120 e. The van der Waals surface area contributed by atoms with Gasteiger partial charge < -0.3 is 15.2 Å². The zero-order chi connectivity index (χ0) is 13.6. The second-order valence-corrected chi connectivity index (χ2v) is 5.35. The summed E-state index contributed by atoms with van der Waals surface area (Å²) in [5.41, 5.74) is 2.68. The summed E-state index contributed by atoms with van der Waals surface area (Å²) in [5.74, 6) is 0.981. The van der Waals surface area contributed by atoms with E-state index in [1.165, 1.54) is 43.6 Å². The van der Waals surface area contributed by atoms with E-state index in [2.05, 4.69) is 44.5 Å². The molecule has 0 radical (unpaired) electrons. The monoisotopic (exact) mass is 270 g/mol. The lowest BCUT2D eigenvalue weighted by atomic mass is 10.1. The normalized spacial score (nSPS) is 15.5. The third-order valence-corrected chi connectivity index (χ3v) is 3.83. The average molecular weight is 270 g/mol. The van der Waals surface area contributed by atoms with Crippen LogP contribution >= 0.6 is 0 Å². The van der Waals surface area contributed by atoms with Crippen molar-refractivity contribution >= 4 is 5.69 Å². The number of nitrogens with one attached hydrogen (secondary N) is 2. The van der Waals surface area contributed by atoms with Crippen molar-refractivity contribution in [3.05, 3.63) is 48.0 Å². The maximum atomic E-state index is 4.20. The summed E-state index contributed by atoms with van der Waals surface area (Å²) < 4.78 is 0. The Hall–Kier alpha value is -1.81. The highest BCUT2D eigenvalue weighted by atomic mass is 15.1. The van der Waals surface area contributed by atoms with Gasteiger partial charge in [-0.15, -0.1) is 0 Å². The van der Waals surface area contributed by atoms with Crippen LogP contribution in [0.15, 0.2) is 36.7 Å². The molecule has 4 heteroatoms. The molecule has 1 fully saturated rings. The quantitative estimate of drug-likeness (QED) is 0.878. The van der Waals surface area contributed by atoms with Crippen LogP contribution in [0.2, 0.25) is 0 Å². The highest BCUT2D eigenvalue weighted by Gasteiger charge is 2.10. The van der Waals surface area contributed by atoms with Gasteiger partial charge in [0.15, 0.2) is 0 Å². The van der Waals surface area contributed by atoms with Crippen LogP contribution in [-0.2, 0) is 13.1 Å². The van der Waals surface area contributed by atoms with Gasteiger partial charge in [-0.1, -0.05) is 12.1 Å². The van der Waals surface area contributed by atoms with Crippen molar-refractivity contribution in [2.45, 2.75) is 32.4 Å². The molecule has 0 aliphatic carbocycles. The van der Waals surface area contributed by atoms with E-state index in [0.717, 1.165) is 18.9 Å². The molecule has 1 saturated heterocycles. The number of rotatable bonds is 5. The first kappa shape index (κ1) is 13.2. The summed E-state index contributed by atoms with van der Waals surface area (Å²) in [6, 6.07) is 8.93. The fourth-order valence-electron chi connectivity index (χ4n) is 2.70. The number of aromatic amines is 1. The van der Waals surface area contributed by atoms with Crippen LogP contribution in [0.3, 0.4) is 0 Å². The largest absolute Gasteiger partial charge is 0.372 e. The standard InChI is InChI=1S/C16H22N4/c1-2-10-20(11-3-1)15-6-4-14(5-7-15)12-17-13-16-18-8-9-19-16/h4-9,17H,1-3,10-13H2,(H,18,19). The van der Waals surface area contributed by atoms with Gasteiger partial charge in [0.2, 0.25) is 0 Å². The molecule has 0 unspecified atom stereocenters. The van der Waals surface area contributed by atoms with Gasteiger partial charge in [-0.25, -0.2) is 4.98 Å². The minimum atomic E-state index is 0.779. The van der Waals surface area contributed by atoms with Gasteiger partial charge in [-0.05, 0) is 37.0 Å². The molecule has 20 heavy (non-hydrogen) atoms. The first-order valence-electron chi connectivity index (χ1n) is 7.45. The molecule has 1 aromatic carbocycles. The first-order chi connectivity index (χ1) is 9.92. The minimum Gasteiger partial charge on any atom is -0.372 e. The molecule has 0 amide bonds. The zero-order valence-electron chi connectivity index (χ0n) is 11.8. The van der Waals surface area contributed by atoms with E-state index in [1.807, 2.05) is 6.20 Å². The SMILES string of the molecule is c1c[nH]c(CNCc2ccc(N3CCCCC3)cc2)n1. The summed E-state index contributed by atoms with van der Waals surface area (Å²) in [6.45, 7) is 4.06. The van der Waals surface area contributed by atoms with Gasteiger partial charge in [-0.3, -0.25) is 0 Å². The number of piperidine rings is 1. The van der Waals surface area contributed by atoms with Crippen LogP contribution in [0.1, 0.15) is 30.7 Å².